The summed E-state index contributed by atoms with van der Waals surface area (Å²) in [6.07, 6.45) is 0. The van der Waals surface area contributed by atoms with E-state index in [4.69, 9.17) is 11.6 Å². The molecule has 0 aliphatic rings. The molecular formula is C9H10ClN3O5S. The Labute approximate surface area is 113 Å². The third kappa shape index (κ3) is 3.63. The first-order valence-electron chi connectivity index (χ1n) is 4.88. The summed E-state index contributed by atoms with van der Waals surface area (Å²) in [5.74, 6) is -0.621. The Hall–Kier alpha value is -1.71. The average Bonchev–Trinajstić information content (AvgIpc) is 2.25. The lowest BCUT2D eigenvalue weighted by molar-refractivity contribution is -0.384. The number of hydrazine groups is 1. The molecule has 0 bridgehead atoms. The normalized spacial score (nSPS) is 11.1. The summed E-state index contributed by atoms with van der Waals surface area (Å²) in [7, 11) is -4.10. The highest BCUT2D eigenvalue weighted by Crippen LogP contribution is 2.29. The fraction of sp³-hybridized carbons (Fsp3) is 0.222. The highest BCUT2D eigenvalue weighted by molar-refractivity contribution is 7.89. The molecule has 104 valence electrons. The molecule has 1 rings (SSSR count). The van der Waals surface area contributed by atoms with Gasteiger partial charge in [-0.2, -0.15) is 0 Å². The van der Waals surface area contributed by atoms with Crippen LogP contribution in [-0.2, 0) is 14.8 Å². The largest absolute Gasteiger partial charge is 0.289 e. The number of nitrogens with one attached hydrogen (secondary N) is 2. The van der Waals surface area contributed by atoms with Crippen LogP contribution in [0.15, 0.2) is 17.0 Å². The molecule has 2 N–H and O–H groups in total. The maximum Gasteiger partial charge on any atom is 0.289 e. The van der Waals surface area contributed by atoms with Crippen LogP contribution in [-0.4, -0.2) is 19.2 Å². The van der Waals surface area contributed by atoms with Gasteiger partial charge in [0.2, 0.25) is 5.91 Å². The highest BCUT2D eigenvalue weighted by atomic mass is 35.5. The number of amides is 1. The molecule has 0 heterocycles. The van der Waals surface area contributed by atoms with Crippen LogP contribution >= 0.6 is 11.6 Å². The number of aryl methyl sites for hydroxylation is 1. The molecule has 0 fully saturated rings. The summed E-state index contributed by atoms with van der Waals surface area (Å²) in [6.45, 7) is 2.54. The first-order chi connectivity index (χ1) is 8.65. The third-order valence-electron chi connectivity index (χ3n) is 2.09. The topological polar surface area (TPSA) is 118 Å². The van der Waals surface area contributed by atoms with E-state index in [1.54, 1.807) is 0 Å². The molecule has 0 saturated heterocycles. The van der Waals surface area contributed by atoms with Gasteiger partial charge in [-0.1, -0.05) is 11.6 Å². The second kappa shape index (κ2) is 5.51. The highest BCUT2D eigenvalue weighted by Gasteiger charge is 2.23. The van der Waals surface area contributed by atoms with Crippen LogP contribution in [0.3, 0.4) is 0 Å². The Kier molecular flexibility index (Phi) is 4.45. The van der Waals surface area contributed by atoms with Crippen molar-refractivity contribution in [2.45, 2.75) is 18.7 Å². The number of rotatable bonds is 4. The second-order valence-corrected chi connectivity index (χ2v) is 5.67. The lowest BCUT2D eigenvalue weighted by atomic mass is 10.2. The van der Waals surface area contributed by atoms with Crippen LogP contribution in [0.1, 0.15) is 12.5 Å². The number of carbonyl (C=O) groups is 1. The van der Waals surface area contributed by atoms with E-state index < -0.39 is 26.5 Å². The summed E-state index contributed by atoms with van der Waals surface area (Å²) < 4.78 is 23.7. The number of nitro groups is 1. The molecule has 0 aliphatic carbocycles. The lowest BCUT2D eigenvalue weighted by Crippen LogP contribution is -2.40. The van der Waals surface area contributed by atoms with Gasteiger partial charge in [0, 0.05) is 13.0 Å². The van der Waals surface area contributed by atoms with Crippen LogP contribution in [0, 0.1) is 17.0 Å². The molecule has 0 saturated carbocycles. The van der Waals surface area contributed by atoms with Crippen molar-refractivity contribution in [3.63, 3.8) is 0 Å². The van der Waals surface area contributed by atoms with Crippen molar-refractivity contribution in [3.05, 3.63) is 32.8 Å². The fourth-order valence-corrected chi connectivity index (χ4v) is 2.69. The standard InChI is InChI=1S/C9H10ClN3O5S/c1-5-3-7(10)8(13(15)16)4-9(5)19(17,18)12-11-6(2)14/h3-4,12H,1-2H3,(H,11,14). The monoisotopic (exact) mass is 307 g/mol. The van der Waals surface area contributed by atoms with Gasteiger partial charge in [-0.3, -0.25) is 20.3 Å². The van der Waals surface area contributed by atoms with Crippen LogP contribution in [0.25, 0.3) is 0 Å². The van der Waals surface area contributed by atoms with Gasteiger partial charge in [-0.05, 0) is 18.6 Å². The van der Waals surface area contributed by atoms with Gasteiger partial charge < -0.3 is 0 Å². The quantitative estimate of drug-likeness (QED) is 0.632. The summed E-state index contributed by atoms with van der Waals surface area (Å²) in [5.41, 5.74) is 1.58. The summed E-state index contributed by atoms with van der Waals surface area (Å²) in [5, 5.41) is 10.5. The smallest absolute Gasteiger partial charge is 0.278 e. The van der Waals surface area contributed by atoms with E-state index in [9.17, 15) is 23.3 Å². The maximum atomic E-state index is 11.9. The van der Waals surface area contributed by atoms with Crippen LogP contribution in [0.5, 0.6) is 0 Å². The Morgan fingerprint density at radius 2 is 2.00 bits per heavy atom. The Balaban J connectivity index is 3.30. The van der Waals surface area contributed by atoms with Crippen molar-refractivity contribution in [1.29, 1.82) is 0 Å². The van der Waals surface area contributed by atoms with E-state index in [2.05, 4.69) is 0 Å². The van der Waals surface area contributed by atoms with E-state index >= 15 is 0 Å². The van der Waals surface area contributed by atoms with Gasteiger partial charge in [-0.15, -0.1) is 4.83 Å². The van der Waals surface area contributed by atoms with E-state index in [-0.39, 0.29) is 15.5 Å². The number of nitro benzene ring substituents is 1. The van der Waals surface area contributed by atoms with Crippen LogP contribution in [0.4, 0.5) is 5.69 Å². The molecule has 8 nitrogen and oxygen atoms in total. The first kappa shape index (κ1) is 15.3. The van der Waals surface area contributed by atoms with Gasteiger partial charge in [0.25, 0.3) is 15.7 Å². The van der Waals surface area contributed by atoms with Crippen molar-refractivity contribution in [1.82, 2.24) is 10.3 Å². The third-order valence-corrected chi connectivity index (χ3v) is 3.78. The second-order valence-electron chi connectivity index (χ2n) is 3.61. The molecule has 0 unspecified atom stereocenters. The van der Waals surface area contributed by atoms with Crippen molar-refractivity contribution >= 4 is 33.2 Å². The predicted molar refractivity (Wildman–Crippen MR) is 67.0 cm³/mol. The minimum atomic E-state index is -4.10. The van der Waals surface area contributed by atoms with Gasteiger partial charge in [0.1, 0.15) is 5.02 Å². The zero-order chi connectivity index (χ0) is 14.8. The molecule has 0 radical (unpaired) electrons. The Morgan fingerprint density at radius 1 is 1.42 bits per heavy atom. The molecule has 1 aromatic rings. The molecule has 1 aromatic carbocycles. The molecule has 19 heavy (non-hydrogen) atoms. The number of sulfonamides is 1. The average molecular weight is 308 g/mol. The van der Waals surface area contributed by atoms with Crippen molar-refractivity contribution < 1.29 is 18.1 Å². The SMILES string of the molecule is CC(=O)NNS(=O)(=O)c1cc([N+](=O)[O-])c(Cl)cc1C. The molecule has 1 amide bonds. The lowest BCUT2D eigenvalue weighted by Gasteiger charge is -2.09. The van der Waals surface area contributed by atoms with E-state index in [1.165, 1.54) is 13.0 Å². The van der Waals surface area contributed by atoms with Crippen molar-refractivity contribution in [3.8, 4) is 0 Å². The number of halogens is 1. The predicted octanol–water partition coefficient (Wildman–Crippen LogP) is 0.886. The summed E-state index contributed by atoms with van der Waals surface area (Å²) >= 11 is 5.65. The summed E-state index contributed by atoms with van der Waals surface area (Å²) in [6, 6.07) is 2.00. The van der Waals surface area contributed by atoms with E-state index in [1.807, 2.05) is 10.3 Å². The Morgan fingerprint density at radius 3 is 2.47 bits per heavy atom. The number of hydrogen-bond acceptors (Lipinski definition) is 5. The number of benzene rings is 1. The summed E-state index contributed by atoms with van der Waals surface area (Å²) in [4.78, 5) is 22.1. The molecule has 0 aliphatic heterocycles. The van der Waals surface area contributed by atoms with Gasteiger partial charge in [-0.25, -0.2) is 8.42 Å². The molecule has 0 atom stereocenters. The Bertz CT molecular complexity index is 644. The zero-order valence-corrected chi connectivity index (χ0v) is 11.5. The molecule has 0 aromatic heterocycles. The number of nitrogens with zero attached hydrogens (tertiary/aromatic N) is 1. The molecule has 10 heteroatoms. The zero-order valence-electron chi connectivity index (χ0n) is 9.93. The van der Waals surface area contributed by atoms with Gasteiger partial charge in [0.15, 0.2) is 0 Å². The molecular weight excluding hydrogens is 298 g/mol. The van der Waals surface area contributed by atoms with Crippen molar-refractivity contribution in [2.24, 2.45) is 0 Å². The molecule has 0 spiro atoms. The first-order valence-corrected chi connectivity index (χ1v) is 6.74. The van der Waals surface area contributed by atoms with Crippen LogP contribution in [0.2, 0.25) is 5.02 Å². The maximum absolute atomic E-state index is 11.9. The minimum Gasteiger partial charge on any atom is -0.278 e. The van der Waals surface area contributed by atoms with Crippen LogP contribution < -0.4 is 10.3 Å². The van der Waals surface area contributed by atoms with Crippen molar-refractivity contribution in [2.75, 3.05) is 0 Å². The van der Waals surface area contributed by atoms with E-state index in [0.29, 0.717) is 0 Å². The van der Waals surface area contributed by atoms with Gasteiger partial charge >= 0.3 is 0 Å². The van der Waals surface area contributed by atoms with E-state index in [0.717, 1.165) is 13.0 Å². The fourth-order valence-electron chi connectivity index (χ4n) is 1.27. The van der Waals surface area contributed by atoms with Gasteiger partial charge in [0.05, 0.1) is 9.82 Å². The number of carbonyl (C=O) groups excluding carboxylic acids is 1. The number of hydrogen-bond donors (Lipinski definition) is 2. The minimum absolute atomic E-state index is 0.166.